The topological polar surface area (TPSA) is 47.1 Å². The summed E-state index contributed by atoms with van der Waals surface area (Å²) >= 11 is 0. The Balaban J connectivity index is 1.46. The average Bonchev–Trinajstić information content (AvgIpc) is 3.29. The second-order valence-electron chi connectivity index (χ2n) is 8.00. The van der Waals surface area contributed by atoms with E-state index in [2.05, 4.69) is 16.7 Å². The van der Waals surface area contributed by atoms with Crippen molar-refractivity contribution in [3.63, 3.8) is 0 Å². The van der Waals surface area contributed by atoms with E-state index in [1.165, 1.54) is 12.8 Å². The van der Waals surface area contributed by atoms with Gasteiger partial charge in [-0.05, 0) is 24.7 Å². The second kappa shape index (κ2) is 7.40. The van der Waals surface area contributed by atoms with E-state index in [1.807, 2.05) is 16.8 Å². The Morgan fingerprint density at radius 3 is 2.33 bits per heavy atom. The monoisotopic (exact) mass is 336 g/mol. The number of rotatable bonds is 5. The summed E-state index contributed by atoms with van der Waals surface area (Å²) in [5, 5.41) is 0. The second-order valence-corrected chi connectivity index (χ2v) is 8.00. The summed E-state index contributed by atoms with van der Waals surface area (Å²) in [4.78, 5) is 32.5. The van der Waals surface area contributed by atoms with Gasteiger partial charge in [0, 0.05) is 65.8 Å². The van der Waals surface area contributed by atoms with Crippen molar-refractivity contribution in [2.45, 2.75) is 32.7 Å². The molecule has 2 heterocycles. The summed E-state index contributed by atoms with van der Waals surface area (Å²) in [5.41, 5.74) is 0. The first kappa shape index (κ1) is 17.7. The number of likely N-dealkylation sites (N-methyl/N-ethyl adjacent to an activating group) is 1. The molecule has 0 spiro atoms. The highest BCUT2D eigenvalue weighted by molar-refractivity contribution is 5.78. The highest BCUT2D eigenvalue weighted by Crippen LogP contribution is 2.29. The van der Waals surface area contributed by atoms with E-state index in [1.54, 1.807) is 6.92 Å². The van der Waals surface area contributed by atoms with Crippen molar-refractivity contribution in [3.05, 3.63) is 0 Å². The first-order chi connectivity index (χ1) is 11.4. The summed E-state index contributed by atoms with van der Waals surface area (Å²) in [5.74, 6) is 1.77. The van der Waals surface area contributed by atoms with Crippen molar-refractivity contribution in [2.24, 2.45) is 11.8 Å². The fraction of sp³-hybridized carbons (Fsp3) is 0.889. The van der Waals surface area contributed by atoms with Crippen molar-refractivity contribution in [1.29, 1.82) is 0 Å². The van der Waals surface area contributed by atoms with Crippen molar-refractivity contribution < 1.29 is 9.59 Å². The molecule has 24 heavy (non-hydrogen) atoms. The number of hydrogen-bond acceptors (Lipinski definition) is 4. The van der Waals surface area contributed by atoms with E-state index < -0.39 is 0 Å². The highest BCUT2D eigenvalue weighted by Gasteiger charge is 2.36. The Labute approximate surface area is 145 Å². The first-order valence-corrected chi connectivity index (χ1v) is 9.40. The quantitative estimate of drug-likeness (QED) is 0.726. The lowest BCUT2D eigenvalue weighted by Gasteiger charge is -2.39. The molecule has 1 saturated carbocycles. The van der Waals surface area contributed by atoms with E-state index >= 15 is 0 Å². The molecule has 6 heteroatoms. The van der Waals surface area contributed by atoms with Gasteiger partial charge in [0.15, 0.2) is 0 Å². The van der Waals surface area contributed by atoms with Gasteiger partial charge in [-0.2, -0.15) is 0 Å². The minimum atomic E-state index is 0.181. The van der Waals surface area contributed by atoms with Gasteiger partial charge in [-0.3, -0.25) is 19.4 Å². The van der Waals surface area contributed by atoms with Crippen molar-refractivity contribution in [1.82, 2.24) is 19.6 Å². The summed E-state index contributed by atoms with van der Waals surface area (Å²) in [6.45, 7) is 11.0. The van der Waals surface area contributed by atoms with Crippen LogP contribution in [-0.2, 0) is 9.59 Å². The van der Waals surface area contributed by atoms with Crippen molar-refractivity contribution >= 4 is 11.8 Å². The standard InChI is InChI=1S/C18H32N4O2/c1-14-10-20(13-18(24)19(3)11-16-4-5-16)12-17(14)22-8-6-21(7-9-22)15(2)23/h14,16-17H,4-13H2,1-3H3/t14-,17+/m1/s1. The highest BCUT2D eigenvalue weighted by atomic mass is 16.2. The molecule has 0 bridgehead atoms. The average molecular weight is 336 g/mol. The van der Waals surface area contributed by atoms with Crippen LogP contribution in [0.25, 0.3) is 0 Å². The van der Waals surface area contributed by atoms with Crippen LogP contribution in [0.2, 0.25) is 0 Å². The molecule has 2 amide bonds. The zero-order valence-electron chi connectivity index (χ0n) is 15.4. The smallest absolute Gasteiger partial charge is 0.236 e. The molecular formula is C18H32N4O2. The van der Waals surface area contributed by atoms with Crippen LogP contribution in [-0.4, -0.2) is 96.9 Å². The van der Waals surface area contributed by atoms with E-state index in [4.69, 9.17) is 0 Å². The summed E-state index contributed by atoms with van der Waals surface area (Å²) < 4.78 is 0. The molecule has 2 atom stereocenters. The molecular weight excluding hydrogens is 304 g/mol. The maximum atomic E-state index is 12.4. The first-order valence-electron chi connectivity index (χ1n) is 9.40. The molecule has 0 unspecified atom stereocenters. The number of nitrogens with zero attached hydrogens (tertiary/aromatic N) is 4. The van der Waals surface area contributed by atoms with Gasteiger partial charge in [-0.1, -0.05) is 6.92 Å². The number of carbonyl (C=O) groups excluding carboxylic acids is 2. The van der Waals surface area contributed by atoms with Gasteiger partial charge < -0.3 is 9.80 Å². The molecule has 0 aromatic rings. The van der Waals surface area contributed by atoms with Crippen LogP contribution in [0.4, 0.5) is 0 Å². The third-order valence-corrected chi connectivity index (χ3v) is 5.89. The summed E-state index contributed by atoms with van der Waals surface area (Å²) in [7, 11) is 1.94. The largest absolute Gasteiger partial charge is 0.344 e. The van der Waals surface area contributed by atoms with E-state index in [9.17, 15) is 9.59 Å². The van der Waals surface area contributed by atoms with Crippen LogP contribution >= 0.6 is 0 Å². The molecule has 0 N–H and O–H groups in total. The van der Waals surface area contributed by atoms with Crippen LogP contribution in [0.3, 0.4) is 0 Å². The van der Waals surface area contributed by atoms with Gasteiger partial charge in [-0.25, -0.2) is 0 Å². The minimum absolute atomic E-state index is 0.181. The lowest BCUT2D eigenvalue weighted by atomic mass is 10.0. The normalized spacial score (nSPS) is 29.0. The van der Waals surface area contributed by atoms with Crippen LogP contribution < -0.4 is 0 Å². The number of hydrogen-bond donors (Lipinski definition) is 0. The number of carbonyl (C=O) groups is 2. The maximum Gasteiger partial charge on any atom is 0.236 e. The third-order valence-electron chi connectivity index (χ3n) is 5.89. The fourth-order valence-corrected chi connectivity index (χ4v) is 4.12. The molecule has 0 aromatic heterocycles. The van der Waals surface area contributed by atoms with Gasteiger partial charge in [0.2, 0.25) is 11.8 Å². The van der Waals surface area contributed by atoms with Crippen molar-refractivity contribution in [2.75, 3.05) is 59.4 Å². The lowest BCUT2D eigenvalue weighted by Crippen LogP contribution is -2.53. The summed E-state index contributed by atoms with van der Waals surface area (Å²) in [6, 6.07) is 0.514. The Kier molecular flexibility index (Phi) is 5.45. The molecule has 3 fully saturated rings. The van der Waals surface area contributed by atoms with Crippen LogP contribution in [0.5, 0.6) is 0 Å². The molecule has 3 rings (SSSR count). The summed E-state index contributed by atoms with van der Waals surface area (Å²) in [6.07, 6.45) is 2.57. The number of piperazine rings is 1. The lowest BCUT2D eigenvalue weighted by molar-refractivity contribution is -0.132. The molecule has 136 valence electrons. The third kappa shape index (κ3) is 4.28. The molecule has 3 aliphatic rings. The van der Waals surface area contributed by atoms with Crippen LogP contribution in [0, 0.1) is 11.8 Å². The molecule has 0 radical (unpaired) electrons. The predicted molar refractivity (Wildman–Crippen MR) is 93.6 cm³/mol. The Morgan fingerprint density at radius 1 is 1.08 bits per heavy atom. The van der Waals surface area contributed by atoms with Gasteiger partial charge in [0.05, 0.1) is 6.54 Å². The predicted octanol–water partition coefficient (Wildman–Crippen LogP) is 0.339. The van der Waals surface area contributed by atoms with Gasteiger partial charge >= 0.3 is 0 Å². The SMILES string of the molecule is CC(=O)N1CCN([C@H]2CN(CC(=O)N(C)CC3CC3)C[C@H]2C)CC1. The Bertz CT molecular complexity index is 472. The van der Waals surface area contributed by atoms with Gasteiger partial charge in [0.1, 0.15) is 0 Å². The van der Waals surface area contributed by atoms with Gasteiger partial charge in [0.25, 0.3) is 0 Å². The molecule has 6 nitrogen and oxygen atoms in total. The molecule has 2 saturated heterocycles. The van der Waals surface area contributed by atoms with Crippen LogP contribution in [0.1, 0.15) is 26.7 Å². The molecule has 1 aliphatic carbocycles. The zero-order chi connectivity index (χ0) is 17.3. The van der Waals surface area contributed by atoms with E-state index in [0.29, 0.717) is 18.5 Å². The molecule has 0 aromatic carbocycles. The Hall–Kier alpha value is -1.14. The van der Waals surface area contributed by atoms with Crippen molar-refractivity contribution in [3.8, 4) is 0 Å². The zero-order valence-corrected chi connectivity index (χ0v) is 15.4. The fourth-order valence-electron chi connectivity index (χ4n) is 4.12. The van der Waals surface area contributed by atoms with Gasteiger partial charge in [-0.15, -0.1) is 0 Å². The van der Waals surface area contributed by atoms with Crippen LogP contribution in [0.15, 0.2) is 0 Å². The van der Waals surface area contributed by atoms with E-state index in [-0.39, 0.29) is 11.8 Å². The minimum Gasteiger partial charge on any atom is -0.344 e. The number of likely N-dealkylation sites (tertiary alicyclic amines) is 1. The van der Waals surface area contributed by atoms with E-state index in [0.717, 1.165) is 51.7 Å². The number of amides is 2. The maximum absolute atomic E-state index is 12.4. The Morgan fingerprint density at radius 2 is 1.75 bits per heavy atom. The molecule has 2 aliphatic heterocycles.